The summed E-state index contributed by atoms with van der Waals surface area (Å²) in [4.78, 5) is 18.3. The standard InChI is InChI=1S/C17H19N3O2/c1-12-4-3-5-14(8-12)22-15-10-20(11-15)17(21)13-6-7-19-16(9-13)18-2/h3-9,15H,10-11H2,1-2H3,(H,18,19). The molecule has 5 heteroatoms. The zero-order valence-electron chi connectivity index (χ0n) is 12.7. The first-order valence-corrected chi connectivity index (χ1v) is 7.32. The number of rotatable bonds is 4. The fourth-order valence-corrected chi connectivity index (χ4v) is 2.44. The summed E-state index contributed by atoms with van der Waals surface area (Å²) in [7, 11) is 1.78. The summed E-state index contributed by atoms with van der Waals surface area (Å²) in [6.45, 7) is 3.26. The van der Waals surface area contributed by atoms with Gasteiger partial charge in [0, 0.05) is 18.8 Å². The molecule has 0 atom stereocenters. The molecule has 2 aromatic rings. The molecule has 114 valence electrons. The van der Waals surface area contributed by atoms with Gasteiger partial charge in [-0.1, -0.05) is 12.1 Å². The molecule has 1 fully saturated rings. The van der Waals surface area contributed by atoms with E-state index in [0.717, 1.165) is 5.75 Å². The molecule has 1 aromatic carbocycles. The minimum Gasteiger partial charge on any atom is -0.487 e. The van der Waals surface area contributed by atoms with Crippen LogP contribution in [0.1, 0.15) is 15.9 Å². The van der Waals surface area contributed by atoms with Gasteiger partial charge in [-0.3, -0.25) is 4.79 Å². The Morgan fingerprint density at radius 3 is 2.86 bits per heavy atom. The minimum absolute atomic E-state index is 0.0167. The lowest BCUT2D eigenvalue weighted by atomic mass is 10.1. The second-order valence-electron chi connectivity index (χ2n) is 5.45. The monoisotopic (exact) mass is 297 g/mol. The van der Waals surface area contributed by atoms with Gasteiger partial charge in [0.15, 0.2) is 0 Å². The van der Waals surface area contributed by atoms with Crippen molar-refractivity contribution in [1.29, 1.82) is 0 Å². The van der Waals surface area contributed by atoms with E-state index >= 15 is 0 Å². The number of carbonyl (C=O) groups excluding carboxylic acids is 1. The van der Waals surface area contributed by atoms with Crippen LogP contribution in [0.15, 0.2) is 42.6 Å². The highest BCUT2D eigenvalue weighted by Crippen LogP contribution is 2.21. The summed E-state index contributed by atoms with van der Waals surface area (Å²) in [6, 6.07) is 11.5. The van der Waals surface area contributed by atoms with E-state index in [-0.39, 0.29) is 12.0 Å². The van der Waals surface area contributed by atoms with Gasteiger partial charge in [-0.05, 0) is 36.8 Å². The molecule has 0 unspecified atom stereocenters. The average molecular weight is 297 g/mol. The van der Waals surface area contributed by atoms with Crippen molar-refractivity contribution in [2.75, 3.05) is 25.5 Å². The number of nitrogens with one attached hydrogen (secondary N) is 1. The Morgan fingerprint density at radius 2 is 2.14 bits per heavy atom. The number of hydrogen-bond donors (Lipinski definition) is 1. The summed E-state index contributed by atoms with van der Waals surface area (Å²) in [5.74, 6) is 1.57. The number of benzene rings is 1. The Kier molecular flexibility index (Phi) is 3.96. The third-order valence-electron chi connectivity index (χ3n) is 3.69. The zero-order chi connectivity index (χ0) is 15.5. The molecule has 1 amide bonds. The number of carbonyl (C=O) groups is 1. The topological polar surface area (TPSA) is 54.5 Å². The predicted molar refractivity (Wildman–Crippen MR) is 85.3 cm³/mol. The van der Waals surface area contributed by atoms with Crippen LogP contribution in [0.4, 0.5) is 5.82 Å². The molecule has 3 rings (SSSR count). The number of hydrogen-bond acceptors (Lipinski definition) is 4. The highest BCUT2D eigenvalue weighted by Gasteiger charge is 2.32. The Labute approximate surface area is 129 Å². The fourth-order valence-electron chi connectivity index (χ4n) is 2.44. The van der Waals surface area contributed by atoms with Gasteiger partial charge in [0.25, 0.3) is 5.91 Å². The Hall–Kier alpha value is -2.56. The molecule has 1 saturated heterocycles. The summed E-state index contributed by atoms with van der Waals surface area (Å²) < 4.78 is 5.87. The number of anilines is 1. The zero-order valence-corrected chi connectivity index (χ0v) is 12.7. The van der Waals surface area contributed by atoms with E-state index in [2.05, 4.69) is 10.3 Å². The number of amides is 1. The first kappa shape index (κ1) is 14.4. The third-order valence-corrected chi connectivity index (χ3v) is 3.69. The van der Waals surface area contributed by atoms with Crippen LogP contribution in [0.25, 0.3) is 0 Å². The smallest absolute Gasteiger partial charge is 0.254 e. The summed E-state index contributed by atoms with van der Waals surface area (Å²) >= 11 is 0. The van der Waals surface area contributed by atoms with Crippen molar-refractivity contribution in [2.45, 2.75) is 13.0 Å². The van der Waals surface area contributed by atoms with E-state index in [0.29, 0.717) is 24.5 Å². The highest BCUT2D eigenvalue weighted by atomic mass is 16.5. The SMILES string of the molecule is CNc1cc(C(=O)N2CC(Oc3cccc(C)c3)C2)ccn1. The minimum atomic E-state index is 0.0167. The number of pyridine rings is 1. The van der Waals surface area contributed by atoms with Gasteiger partial charge < -0.3 is 15.0 Å². The molecule has 5 nitrogen and oxygen atoms in total. The van der Waals surface area contributed by atoms with Gasteiger partial charge in [0.2, 0.25) is 0 Å². The normalized spacial score (nSPS) is 14.4. The van der Waals surface area contributed by atoms with Crippen molar-refractivity contribution in [1.82, 2.24) is 9.88 Å². The Bertz CT molecular complexity index is 681. The maximum Gasteiger partial charge on any atom is 0.254 e. The van der Waals surface area contributed by atoms with Gasteiger partial charge in [-0.25, -0.2) is 4.98 Å². The molecule has 0 aliphatic carbocycles. The van der Waals surface area contributed by atoms with E-state index < -0.39 is 0 Å². The Balaban J connectivity index is 1.57. The predicted octanol–water partition coefficient (Wildman–Crippen LogP) is 2.34. The molecule has 0 bridgehead atoms. The molecule has 0 spiro atoms. The van der Waals surface area contributed by atoms with Crippen LogP contribution >= 0.6 is 0 Å². The van der Waals surface area contributed by atoms with Crippen molar-refractivity contribution in [2.24, 2.45) is 0 Å². The van der Waals surface area contributed by atoms with Crippen LogP contribution in [0.5, 0.6) is 5.75 Å². The average Bonchev–Trinajstić information content (AvgIpc) is 2.50. The van der Waals surface area contributed by atoms with E-state index in [4.69, 9.17) is 4.74 Å². The maximum atomic E-state index is 12.4. The Morgan fingerprint density at radius 1 is 1.32 bits per heavy atom. The number of nitrogens with zero attached hydrogens (tertiary/aromatic N) is 2. The number of likely N-dealkylation sites (tertiary alicyclic amines) is 1. The van der Waals surface area contributed by atoms with Gasteiger partial charge in [0.1, 0.15) is 17.7 Å². The van der Waals surface area contributed by atoms with Crippen LogP contribution in [-0.2, 0) is 0 Å². The van der Waals surface area contributed by atoms with Gasteiger partial charge in [-0.2, -0.15) is 0 Å². The van der Waals surface area contributed by atoms with Crippen LogP contribution in [-0.4, -0.2) is 42.0 Å². The first-order chi connectivity index (χ1) is 10.7. The molecule has 0 radical (unpaired) electrons. The van der Waals surface area contributed by atoms with Gasteiger partial charge >= 0.3 is 0 Å². The molecular weight excluding hydrogens is 278 g/mol. The van der Waals surface area contributed by atoms with Crippen LogP contribution in [0.3, 0.4) is 0 Å². The molecule has 1 aromatic heterocycles. The number of aromatic nitrogens is 1. The first-order valence-electron chi connectivity index (χ1n) is 7.32. The second-order valence-corrected chi connectivity index (χ2v) is 5.45. The van der Waals surface area contributed by atoms with Crippen LogP contribution in [0, 0.1) is 6.92 Å². The van der Waals surface area contributed by atoms with E-state index in [1.165, 1.54) is 5.56 Å². The highest BCUT2D eigenvalue weighted by molar-refractivity contribution is 5.95. The van der Waals surface area contributed by atoms with Gasteiger partial charge in [-0.15, -0.1) is 0 Å². The van der Waals surface area contributed by atoms with Crippen molar-refractivity contribution >= 4 is 11.7 Å². The lowest BCUT2D eigenvalue weighted by molar-refractivity contribution is 0.0177. The molecule has 1 aliphatic heterocycles. The van der Waals surface area contributed by atoms with Crippen LogP contribution < -0.4 is 10.1 Å². The van der Waals surface area contributed by atoms with Crippen LogP contribution in [0.2, 0.25) is 0 Å². The molecule has 1 N–H and O–H groups in total. The largest absolute Gasteiger partial charge is 0.487 e. The quantitative estimate of drug-likeness (QED) is 0.941. The van der Waals surface area contributed by atoms with Crippen molar-refractivity contribution in [3.05, 3.63) is 53.7 Å². The number of aryl methyl sites for hydroxylation is 1. The molecule has 22 heavy (non-hydrogen) atoms. The second kappa shape index (κ2) is 6.05. The lowest BCUT2D eigenvalue weighted by Gasteiger charge is -2.39. The van der Waals surface area contributed by atoms with Crippen molar-refractivity contribution in [3.63, 3.8) is 0 Å². The fraction of sp³-hybridized carbons (Fsp3) is 0.294. The summed E-state index contributed by atoms with van der Waals surface area (Å²) in [6.07, 6.45) is 1.70. The van der Waals surface area contributed by atoms with Crippen molar-refractivity contribution < 1.29 is 9.53 Å². The molecule has 1 aliphatic rings. The van der Waals surface area contributed by atoms with E-state index in [1.807, 2.05) is 31.2 Å². The third kappa shape index (κ3) is 3.03. The van der Waals surface area contributed by atoms with Crippen molar-refractivity contribution in [3.8, 4) is 5.75 Å². The summed E-state index contributed by atoms with van der Waals surface area (Å²) in [5, 5.41) is 2.94. The lowest BCUT2D eigenvalue weighted by Crippen LogP contribution is -2.56. The summed E-state index contributed by atoms with van der Waals surface area (Å²) in [5.41, 5.74) is 1.81. The molecular formula is C17H19N3O2. The molecule has 2 heterocycles. The maximum absolute atomic E-state index is 12.4. The van der Waals surface area contributed by atoms with E-state index in [1.54, 1.807) is 30.3 Å². The van der Waals surface area contributed by atoms with Gasteiger partial charge in [0.05, 0.1) is 13.1 Å². The molecule has 0 saturated carbocycles. The van der Waals surface area contributed by atoms with E-state index in [9.17, 15) is 4.79 Å². The number of ether oxygens (including phenoxy) is 1.